The van der Waals surface area contributed by atoms with Gasteiger partial charge in [-0.15, -0.1) is 0 Å². The number of likely N-dealkylation sites (tertiary alicyclic amines) is 1. The lowest BCUT2D eigenvalue weighted by Gasteiger charge is -2.31. The summed E-state index contributed by atoms with van der Waals surface area (Å²) in [6.45, 7) is 1.87. The van der Waals surface area contributed by atoms with Crippen LogP contribution in [0.4, 0.5) is 4.79 Å². The Morgan fingerprint density at radius 1 is 1.00 bits per heavy atom. The first-order valence-corrected chi connectivity index (χ1v) is 9.10. The van der Waals surface area contributed by atoms with Crippen molar-refractivity contribution in [1.82, 2.24) is 10.2 Å². The van der Waals surface area contributed by atoms with E-state index in [-0.39, 0.29) is 12.0 Å². The molecule has 2 aromatic rings. The second-order valence-electron chi connectivity index (χ2n) is 6.55. The summed E-state index contributed by atoms with van der Waals surface area (Å²) >= 11 is 0. The summed E-state index contributed by atoms with van der Waals surface area (Å²) in [6.07, 6.45) is 1.36. The van der Waals surface area contributed by atoms with Crippen LogP contribution in [-0.4, -0.2) is 43.6 Å². The molecule has 142 valence electrons. The van der Waals surface area contributed by atoms with Crippen molar-refractivity contribution in [3.05, 3.63) is 60.2 Å². The molecule has 6 nitrogen and oxygen atoms in total. The van der Waals surface area contributed by atoms with Gasteiger partial charge in [-0.1, -0.05) is 18.2 Å². The van der Waals surface area contributed by atoms with E-state index in [1.54, 1.807) is 48.4 Å². The van der Waals surface area contributed by atoms with E-state index in [1.807, 2.05) is 18.2 Å². The zero-order valence-corrected chi connectivity index (χ0v) is 15.4. The molecule has 0 radical (unpaired) electrons. The van der Waals surface area contributed by atoms with Crippen LogP contribution in [0.1, 0.15) is 23.2 Å². The predicted molar refractivity (Wildman–Crippen MR) is 102 cm³/mol. The van der Waals surface area contributed by atoms with Crippen LogP contribution in [0, 0.1) is 5.92 Å². The Morgan fingerprint density at radius 2 is 1.67 bits per heavy atom. The van der Waals surface area contributed by atoms with Gasteiger partial charge in [0.05, 0.1) is 7.11 Å². The number of hydrogen-bond donors (Lipinski definition) is 1. The number of methoxy groups -OCH3 is 1. The van der Waals surface area contributed by atoms with Crippen LogP contribution in [0.15, 0.2) is 54.6 Å². The Kier molecular flexibility index (Phi) is 6.30. The van der Waals surface area contributed by atoms with E-state index >= 15 is 0 Å². The highest BCUT2D eigenvalue weighted by Gasteiger charge is 2.24. The second kappa shape index (κ2) is 9.07. The molecule has 1 fully saturated rings. The molecule has 0 aromatic heterocycles. The average molecular weight is 368 g/mol. The van der Waals surface area contributed by atoms with Crippen LogP contribution in [0.25, 0.3) is 0 Å². The molecule has 6 heteroatoms. The van der Waals surface area contributed by atoms with Crippen molar-refractivity contribution in [2.24, 2.45) is 5.92 Å². The minimum atomic E-state index is -0.318. The molecular weight excluding hydrogens is 344 g/mol. The van der Waals surface area contributed by atoms with Crippen molar-refractivity contribution in [3.63, 3.8) is 0 Å². The summed E-state index contributed by atoms with van der Waals surface area (Å²) in [4.78, 5) is 26.1. The number of hydrogen-bond acceptors (Lipinski definition) is 4. The Morgan fingerprint density at radius 3 is 2.30 bits per heavy atom. The molecule has 27 heavy (non-hydrogen) atoms. The van der Waals surface area contributed by atoms with E-state index in [0.717, 1.165) is 18.6 Å². The van der Waals surface area contributed by atoms with Gasteiger partial charge < -0.3 is 19.7 Å². The van der Waals surface area contributed by atoms with Gasteiger partial charge in [-0.2, -0.15) is 0 Å². The lowest BCUT2D eigenvalue weighted by Crippen LogP contribution is -2.42. The number of amides is 2. The molecule has 2 amide bonds. The SMILES string of the molecule is COc1ccc(C(=O)NCC2CCN(C(=O)Oc3ccccc3)CC2)cc1. The van der Waals surface area contributed by atoms with Crippen LogP contribution < -0.4 is 14.8 Å². The third kappa shape index (κ3) is 5.23. The molecular formula is C21H24N2O4. The number of rotatable bonds is 5. The van der Waals surface area contributed by atoms with E-state index in [1.165, 1.54) is 0 Å². The summed E-state index contributed by atoms with van der Waals surface area (Å²) in [7, 11) is 1.59. The minimum absolute atomic E-state index is 0.0939. The third-order valence-electron chi connectivity index (χ3n) is 4.72. The normalized spacial score (nSPS) is 14.5. The van der Waals surface area contributed by atoms with Crippen LogP contribution >= 0.6 is 0 Å². The highest BCUT2D eigenvalue weighted by molar-refractivity contribution is 5.94. The van der Waals surface area contributed by atoms with Gasteiger partial charge in [0, 0.05) is 25.2 Å². The summed E-state index contributed by atoms with van der Waals surface area (Å²) < 4.78 is 10.5. The number of nitrogens with one attached hydrogen (secondary N) is 1. The molecule has 0 unspecified atom stereocenters. The monoisotopic (exact) mass is 368 g/mol. The van der Waals surface area contributed by atoms with Crippen molar-refractivity contribution in [3.8, 4) is 11.5 Å². The molecule has 2 aromatic carbocycles. The zero-order chi connectivity index (χ0) is 19.1. The maximum Gasteiger partial charge on any atom is 0.415 e. The van der Waals surface area contributed by atoms with Gasteiger partial charge >= 0.3 is 6.09 Å². The Labute approximate surface area is 159 Å². The van der Waals surface area contributed by atoms with Gasteiger partial charge in [0.2, 0.25) is 0 Å². The number of piperidine rings is 1. The van der Waals surface area contributed by atoms with E-state index in [0.29, 0.717) is 36.9 Å². The molecule has 0 bridgehead atoms. The maximum absolute atomic E-state index is 12.2. The van der Waals surface area contributed by atoms with E-state index in [9.17, 15) is 9.59 Å². The highest BCUT2D eigenvalue weighted by Crippen LogP contribution is 2.19. The lowest BCUT2D eigenvalue weighted by atomic mass is 9.97. The summed E-state index contributed by atoms with van der Waals surface area (Å²) in [5, 5.41) is 2.98. The lowest BCUT2D eigenvalue weighted by molar-refractivity contribution is 0.0931. The molecule has 1 aliphatic heterocycles. The van der Waals surface area contributed by atoms with Gasteiger partial charge in [0.1, 0.15) is 11.5 Å². The average Bonchev–Trinajstić information content (AvgIpc) is 2.73. The third-order valence-corrected chi connectivity index (χ3v) is 4.72. The minimum Gasteiger partial charge on any atom is -0.497 e. The van der Waals surface area contributed by atoms with Gasteiger partial charge in [-0.25, -0.2) is 4.79 Å². The van der Waals surface area contributed by atoms with Crippen LogP contribution in [0.5, 0.6) is 11.5 Å². The van der Waals surface area contributed by atoms with Gasteiger partial charge in [-0.05, 0) is 55.2 Å². The fourth-order valence-corrected chi connectivity index (χ4v) is 3.06. The molecule has 0 aliphatic carbocycles. The Hall–Kier alpha value is -3.02. The zero-order valence-electron chi connectivity index (χ0n) is 15.4. The first kappa shape index (κ1) is 18.8. The maximum atomic E-state index is 12.2. The van der Waals surface area contributed by atoms with E-state index in [2.05, 4.69) is 5.32 Å². The number of carbonyl (C=O) groups excluding carboxylic acids is 2. The molecule has 0 saturated carbocycles. The summed E-state index contributed by atoms with van der Waals surface area (Å²) in [5.41, 5.74) is 0.611. The first-order valence-electron chi connectivity index (χ1n) is 9.10. The van der Waals surface area contributed by atoms with E-state index in [4.69, 9.17) is 9.47 Å². The Bertz CT molecular complexity index is 754. The van der Waals surface area contributed by atoms with Crippen molar-refractivity contribution in [2.75, 3.05) is 26.7 Å². The number of benzene rings is 2. The standard InChI is InChI=1S/C21H24N2O4/c1-26-18-9-7-17(8-10-18)20(24)22-15-16-11-13-23(14-12-16)21(25)27-19-5-3-2-4-6-19/h2-10,16H,11-15H2,1H3,(H,22,24). The van der Waals surface area contributed by atoms with Crippen LogP contribution in [-0.2, 0) is 0 Å². The van der Waals surface area contributed by atoms with Crippen molar-refractivity contribution in [1.29, 1.82) is 0 Å². The van der Waals surface area contributed by atoms with Crippen LogP contribution in [0.3, 0.4) is 0 Å². The largest absolute Gasteiger partial charge is 0.497 e. The molecule has 3 rings (SSSR count). The van der Waals surface area contributed by atoms with Gasteiger partial charge in [0.15, 0.2) is 0 Å². The van der Waals surface area contributed by atoms with Crippen molar-refractivity contribution in [2.45, 2.75) is 12.8 Å². The topological polar surface area (TPSA) is 67.9 Å². The molecule has 1 heterocycles. The number of ether oxygens (including phenoxy) is 2. The van der Waals surface area contributed by atoms with Gasteiger partial charge in [0.25, 0.3) is 5.91 Å². The van der Waals surface area contributed by atoms with Crippen LogP contribution in [0.2, 0.25) is 0 Å². The molecule has 0 atom stereocenters. The van der Waals surface area contributed by atoms with Crippen molar-refractivity contribution >= 4 is 12.0 Å². The molecule has 1 saturated heterocycles. The quantitative estimate of drug-likeness (QED) is 0.879. The first-order chi connectivity index (χ1) is 13.2. The van der Waals surface area contributed by atoms with Gasteiger partial charge in [-0.3, -0.25) is 4.79 Å². The van der Waals surface area contributed by atoms with Crippen molar-refractivity contribution < 1.29 is 19.1 Å². The Balaban J connectivity index is 1.41. The predicted octanol–water partition coefficient (Wildman–Crippen LogP) is 3.34. The fourth-order valence-electron chi connectivity index (χ4n) is 3.06. The summed E-state index contributed by atoms with van der Waals surface area (Å²) in [5.74, 6) is 1.54. The number of carbonyl (C=O) groups is 2. The fraction of sp³-hybridized carbons (Fsp3) is 0.333. The molecule has 0 spiro atoms. The molecule has 1 aliphatic rings. The molecule has 1 N–H and O–H groups in total. The second-order valence-corrected chi connectivity index (χ2v) is 6.55. The highest BCUT2D eigenvalue weighted by atomic mass is 16.6. The number of para-hydroxylation sites is 1. The van der Waals surface area contributed by atoms with E-state index < -0.39 is 0 Å². The smallest absolute Gasteiger partial charge is 0.415 e. The number of nitrogens with zero attached hydrogens (tertiary/aromatic N) is 1. The summed E-state index contributed by atoms with van der Waals surface area (Å²) in [6, 6.07) is 16.1.